The fraction of sp³-hybridized carbons (Fsp3) is 0.188. The highest BCUT2D eigenvalue weighted by molar-refractivity contribution is 7.99. The fourth-order valence-corrected chi connectivity index (χ4v) is 3.01. The summed E-state index contributed by atoms with van der Waals surface area (Å²) >= 11 is 7.65. The van der Waals surface area contributed by atoms with Gasteiger partial charge in [0.2, 0.25) is 0 Å². The standard InChI is InChI=1S/C16H16ClNO2S/c1-11(19)12-5-2-3-8-15(12)20-9-10-21-16-13(17)6-4-7-14(16)18/h2-8H,9-10,18H2,1H3. The van der Waals surface area contributed by atoms with Crippen molar-refractivity contribution in [3.05, 3.63) is 53.1 Å². The summed E-state index contributed by atoms with van der Waals surface area (Å²) < 4.78 is 5.67. The molecule has 0 unspecified atom stereocenters. The van der Waals surface area contributed by atoms with Gasteiger partial charge in [-0.2, -0.15) is 0 Å². The monoisotopic (exact) mass is 321 g/mol. The van der Waals surface area contributed by atoms with E-state index in [-0.39, 0.29) is 5.78 Å². The first-order valence-corrected chi connectivity index (χ1v) is 7.85. The molecule has 0 bridgehead atoms. The van der Waals surface area contributed by atoms with Gasteiger partial charge in [0.25, 0.3) is 0 Å². The Hall–Kier alpha value is -1.65. The van der Waals surface area contributed by atoms with E-state index in [0.717, 1.165) is 4.90 Å². The Labute approximate surface area is 133 Å². The van der Waals surface area contributed by atoms with Crippen molar-refractivity contribution in [1.82, 2.24) is 0 Å². The summed E-state index contributed by atoms with van der Waals surface area (Å²) in [5.74, 6) is 1.30. The van der Waals surface area contributed by atoms with Gasteiger partial charge in [0.15, 0.2) is 5.78 Å². The zero-order valence-corrected chi connectivity index (χ0v) is 13.2. The Balaban J connectivity index is 1.92. The molecule has 2 rings (SSSR count). The maximum atomic E-state index is 11.5. The third kappa shape index (κ3) is 4.16. The van der Waals surface area contributed by atoms with Crippen LogP contribution in [0.2, 0.25) is 5.02 Å². The highest BCUT2D eigenvalue weighted by Crippen LogP contribution is 2.32. The van der Waals surface area contributed by atoms with Crippen molar-refractivity contribution in [3.63, 3.8) is 0 Å². The number of nitrogens with two attached hydrogens (primary N) is 1. The number of halogens is 1. The zero-order chi connectivity index (χ0) is 15.2. The lowest BCUT2D eigenvalue weighted by Gasteiger charge is -2.10. The maximum absolute atomic E-state index is 11.5. The van der Waals surface area contributed by atoms with E-state index < -0.39 is 0 Å². The number of ether oxygens (including phenoxy) is 1. The number of nitrogen functional groups attached to an aromatic ring is 1. The average Bonchev–Trinajstić information content (AvgIpc) is 2.46. The molecule has 21 heavy (non-hydrogen) atoms. The van der Waals surface area contributed by atoms with Crippen LogP contribution in [0.3, 0.4) is 0 Å². The van der Waals surface area contributed by atoms with Gasteiger partial charge in [-0.15, -0.1) is 11.8 Å². The van der Waals surface area contributed by atoms with Crippen LogP contribution >= 0.6 is 23.4 Å². The molecule has 0 aliphatic heterocycles. The van der Waals surface area contributed by atoms with Crippen molar-refractivity contribution >= 4 is 34.8 Å². The number of carbonyl (C=O) groups is 1. The molecule has 0 aromatic heterocycles. The summed E-state index contributed by atoms with van der Waals surface area (Å²) in [7, 11) is 0. The van der Waals surface area contributed by atoms with Gasteiger partial charge in [0.05, 0.1) is 17.2 Å². The van der Waals surface area contributed by atoms with E-state index in [2.05, 4.69) is 0 Å². The fourth-order valence-electron chi connectivity index (χ4n) is 1.86. The van der Waals surface area contributed by atoms with E-state index in [0.29, 0.717) is 34.4 Å². The van der Waals surface area contributed by atoms with Crippen molar-refractivity contribution in [3.8, 4) is 5.75 Å². The van der Waals surface area contributed by atoms with Gasteiger partial charge in [-0.3, -0.25) is 4.79 Å². The molecule has 0 saturated heterocycles. The number of para-hydroxylation sites is 1. The summed E-state index contributed by atoms with van der Waals surface area (Å²) in [6.45, 7) is 2.00. The predicted octanol–water partition coefficient (Wildman–Crippen LogP) is 4.30. The van der Waals surface area contributed by atoms with Crippen molar-refractivity contribution in [2.75, 3.05) is 18.1 Å². The summed E-state index contributed by atoms with van der Waals surface area (Å²) in [5, 5.41) is 0.643. The highest BCUT2D eigenvalue weighted by Gasteiger charge is 2.08. The summed E-state index contributed by atoms with van der Waals surface area (Å²) in [6, 6.07) is 12.7. The summed E-state index contributed by atoms with van der Waals surface area (Å²) in [6.07, 6.45) is 0. The molecule has 2 aromatic rings. The highest BCUT2D eigenvalue weighted by atomic mass is 35.5. The molecular weight excluding hydrogens is 306 g/mol. The smallest absolute Gasteiger partial charge is 0.163 e. The van der Waals surface area contributed by atoms with Crippen LogP contribution in [0, 0.1) is 0 Å². The normalized spacial score (nSPS) is 10.4. The minimum absolute atomic E-state index is 0.00592. The molecule has 0 amide bonds. The first-order chi connectivity index (χ1) is 10.1. The average molecular weight is 322 g/mol. The number of anilines is 1. The summed E-state index contributed by atoms with van der Waals surface area (Å²) in [5.41, 5.74) is 7.15. The lowest BCUT2D eigenvalue weighted by atomic mass is 10.1. The van der Waals surface area contributed by atoms with E-state index in [4.69, 9.17) is 22.1 Å². The van der Waals surface area contributed by atoms with Crippen LogP contribution in [0.25, 0.3) is 0 Å². The van der Waals surface area contributed by atoms with Gasteiger partial charge >= 0.3 is 0 Å². The second kappa shape index (κ2) is 7.38. The van der Waals surface area contributed by atoms with Gasteiger partial charge in [0, 0.05) is 16.3 Å². The van der Waals surface area contributed by atoms with Crippen LogP contribution in [-0.4, -0.2) is 18.1 Å². The molecule has 0 heterocycles. The van der Waals surface area contributed by atoms with Crippen molar-refractivity contribution in [2.45, 2.75) is 11.8 Å². The number of thioether (sulfide) groups is 1. The zero-order valence-electron chi connectivity index (χ0n) is 11.6. The second-order valence-electron chi connectivity index (χ2n) is 4.41. The molecule has 0 aliphatic carbocycles. The van der Waals surface area contributed by atoms with E-state index in [1.807, 2.05) is 30.3 Å². The van der Waals surface area contributed by atoms with Gasteiger partial charge in [-0.25, -0.2) is 0 Å². The van der Waals surface area contributed by atoms with E-state index in [9.17, 15) is 4.79 Å². The maximum Gasteiger partial charge on any atom is 0.163 e. The number of benzene rings is 2. The Kier molecular flexibility index (Phi) is 5.53. The number of Topliss-reactive ketones (excluding diaryl/α,β-unsaturated/α-hetero) is 1. The Morgan fingerprint density at radius 3 is 2.71 bits per heavy atom. The molecule has 0 aliphatic rings. The minimum atomic E-state index is -0.00592. The molecule has 0 fully saturated rings. The molecule has 3 nitrogen and oxygen atoms in total. The predicted molar refractivity (Wildman–Crippen MR) is 88.5 cm³/mol. The van der Waals surface area contributed by atoms with Crippen LogP contribution in [0.4, 0.5) is 5.69 Å². The lowest BCUT2D eigenvalue weighted by molar-refractivity contribution is 0.101. The van der Waals surface area contributed by atoms with Crippen LogP contribution in [-0.2, 0) is 0 Å². The molecule has 2 N–H and O–H groups in total. The van der Waals surface area contributed by atoms with Crippen LogP contribution < -0.4 is 10.5 Å². The Bertz CT molecular complexity index is 626. The number of rotatable bonds is 6. The van der Waals surface area contributed by atoms with E-state index in [1.54, 1.807) is 23.9 Å². The van der Waals surface area contributed by atoms with Gasteiger partial charge in [-0.05, 0) is 31.2 Å². The third-order valence-corrected chi connectivity index (χ3v) is 4.39. The topological polar surface area (TPSA) is 52.3 Å². The summed E-state index contributed by atoms with van der Waals surface area (Å²) in [4.78, 5) is 12.4. The lowest BCUT2D eigenvalue weighted by Crippen LogP contribution is -2.04. The molecule has 110 valence electrons. The molecular formula is C16H16ClNO2S. The molecule has 0 spiro atoms. The van der Waals surface area contributed by atoms with E-state index in [1.165, 1.54) is 6.92 Å². The van der Waals surface area contributed by atoms with Crippen LogP contribution in [0.15, 0.2) is 47.4 Å². The number of hydrogen-bond donors (Lipinski definition) is 1. The van der Waals surface area contributed by atoms with Crippen molar-refractivity contribution in [1.29, 1.82) is 0 Å². The van der Waals surface area contributed by atoms with Crippen LogP contribution in [0.1, 0.15) is 17.3 Å². The SMILES string of the molecule is CC(=O)c1ccccc1OCCSc1c(N)cccc1Cl. The third-order valence-electron chi connectivity index (χ3n) is 2.85. The van der Waals surface area contributed by atoms with Crippen molar-refractivity contribution in [2.24, 2.45) is 0 Å². The molecule has 0 radical (unpaired) electrons. The quantitative estimate of drug-likeness (QED) is 0.373. The molecule has 0 atom stereocenters. The molecule has 0 saturated carbocycles. The van der Waals surface area contributed by atoms with Crippen molar-refractivity contribution < 1.29 is 9.53 Å². The van der Waals surface area contributed by atoms with Gasteiger partial charge in [-0.1, -0.05) is 29.8 Å². The Morgan fingerprint density at radius 1 is 1.24 bits per heavy atom. The van der Waals surface area contributed by atoms with Gasteiger partial charge < -0.3 is 10.5 Å². The van der Waals surface area contributed by atoms with E-state index >= 15 is 0 Å². The number of carbonyl (C=O) groups excluding carboxylic acids is 1. The first kappa shape index (κ1) is 15.7. The van der Waals surface area contributed by atoms with Crippen LogP contribution in [0.5, 0.6) is 5.75 Å². The largest absolute Gasteiger partial charge is 0.492 e. The molecule has 2 aromatic carbocycles. The van der Waals surface area contributed by atoms with Gasteiger partial charge in [0.1, 0.15) is 5.75 Å². The molecule has 5 heteroatoms. The first-order valence-electron chi connectivity index (χ1n) is 6.49. The second-order valence-corrected chi connectivity index (χ2v) is 5.92. The minimum Gasteiger partial charge on any atom is -0.492 e. The Morgan fingerprint density at radius 2 is 2.00 bits per heavy atom. The number of ketones is 1. The number of hydrogen-bond acceptors (Lipinski definition) is 4.